The second kappa shape index (κ2) is 6.94. The number of aromatic nitrogens is 2. The van der Waals surface area contributed by atoms with Crippen molar-refractivity contribution in [1.29, 1.82) is 0 Å². The topological polar surface area (TPSA) is 75.4 Å². The fraction of sp³-hybridized carbons (Fsp3) is 0.688. The van der Waals surface area contributed by atoms with Gasteiger partial charge in [-0.1, -0.05) is 20.8 Å². The fourth-order valence-corrected chi connectivity index (χ4v) is 3.00. The highest BCUT2D eigenvalue weighted by molar-refractivity contribution is 5.95. The van der Waals surface area contributed by atoms with Crippen molar-refractivity contribution >= 4 is 11.9 Å². The van der Waals surface area contributed by atoms with Crippen LogP contribution in [0.2, 0.25) is 0 Å². The van der Waals surface area contributed by atoms with Gasteiger partial charge in [0, 0.05) is 19.6 Å². The zero-order chi connectivity index (χ0) is 16.3. The summed E-state index contributed by atoms with van der Waals surface area (Å²) in [4.78, 5) is 25.5. The quantitative estimate of drug-likeness (QED) is 0.903. The van der Waals surface area contributed by atoms with Crippen LogP contribution in [-0.2, 0) is 17.8 Å². The van der Waals surface area contributed by atoms with Gasteiger partial charge in [0.15, 0.2) is 0 Å². The molecule has 1 aliphatic heterocycles. The molecule has 6 heteroatoms. The van der Waals surface area contributed by atoms with E-state index in [4.69, 9.17) is 5.11 Å². The molecule has 22 heavy (non-hydrogen) atoms. The van der Waals surface area contributed by atoms with Crippen molar-refractivity contribution < 1.29 is 14.7 Å². The zero-order valence-corrected chi connectivity index (χ0v) is 13.6. The van der Waals surface area contributed by atoms with Gasteiger partial charge in [0.2, 0.25) is 0 Å². The molecule has 0 aliphatic carbocycles. The zero-order valence-electron chi connectivity index (χ0n) is 13.6. The van der Waals surface area contributed by atoms with Gasteiger partial charge in [0.25, 0.3) is 5.91 Å². The summed E-state index contributed by atoms with van der Waals surface area (Å²) >= 11 is 0. The second-order valence-corrected chi connectivity index (χ2v) is 6.36. The van der Waals surface area contributed by atoms with E-state index in [1.54, 1.807) is 11.1 Å². The molecule has 1 aromatic rings. The van der Waals surface area contributed by atoms with Crippen molar-refractivity contribution in [3.8, 4) is 0 Å². The van der Waals surface area contributed by atoms with Gasteiger partial charge in [-0.25, -0.2) is 0 Å². The number of rotatable bonds is 5. The Hall–Kier alpha value is -1.85. The second-order valence-electron chi connectivity index (χ2n) is 6.36. The lowest BCUT2D eigenvalue weighted by atomic mass is 9.97. The van der Waals surface area contributed by atoms with E-state index in [0.717, 1.165) is 25.1 Å². The maximum atomic E-state index is 12.7. The number of piperidine rings is 1. The van der Waals surface area contributed by atoms with Crippen LogP contribution in [0.4, 0.5) is 0 Å². The minimum atomic E-state index is -0.816. The highest BCUT2D eigenvalue weighted by Crippen LogP contribution is 2.21. The minimum Gasteiger partial charge on any atom is -0.481 e. The summed E-state index contributed by atoms with van der Waals surface area (Å²) in [6, 6.07) is 0. The molecule has 1 N–H and O–H groups in total. The molecule has 1 saturated heterocycles. The lowest BCUT2D eigenvalue weighted by Crippen LogP contribution is -2.42. The first-order valence-corrected chi connectivity index (χ1v) is 8.00. The molecule has 1 aromatic heterocycles. The summed E-state index contributed by atoms with van der Waals surface area (Å²) in [6.45, 7) is 7.96. The number of likely N-dealkylation sites (tertiary alicyclic amines) is 1. The lowest BCUT2D eigenvalue weighted by Gasteiger charge is -2.30. The Balaban J connectivity index is 2.18. The first-order valence-electron chi connectivity index (χ1n) is 8.00. The first kappa shape index (κ1) is 16.5. The van der Waals surface area contributed by atoms with Crippen molar-refractivity contribution in [2.24, 2.45) is 11.8 Å². The molecule has 1 amide bonds. The van der Waals surface area contributed by atoms with Crippen LogP contribution in [0.25, 0.3) is 0 Å². The Morgan fingerprint density at radius 3 is 2.77 bits per heavy atom. The summed E-state index contributed by atoms with van der Waals surface area (Å²) in [7, 11) is 0. The standard InChI is InChI=1S/C16H25N3O3/c1-4-14-13(8-17-19(14)9-11(2)3)15(20)18-7-5-6-12(10-18)16(21)22/h8,11-12H,4-7,9-10H2,1-3H3,(H,21,22)/t12-/m0/s1. The van der Waals surface area contributed by atoms with Gasteiger partial charge >= 0.3 is 5.97 Å². The van der Waals surface area contributed by atoms with E-state index in [1.165, 1.54) is 0 Å². The van der Waals surface area contributed by atoms with Crippen molar-refractivity contribution in [1.82, 2.24) is 14.7 Å². The number of amides is 1. The van der Waals surface area contributed by atoms with Gasteiger partial charge in [-0.05, 0) is 25.2 Å². The first-order chi connectivity index (χ1) is 10.4. The molecule has 0 spiro atoms. The number of carboxylic acids is 1. The molecule has 2 rings (SSSR count). The molecule has 2 heterocycles. The van der Waals surface area contributed by atoms with Crippen molar-refractivity contribution in [2.45, 2.75) is 46.6 Å². The monoisotopic (exact) mass is 307 g/mol. The van der Waals surface area contributed by atoms with E-state index < -0.39 is 11.9 Å². The fourth-order valence-electron chi connectivity index (χ4n) is 3.00. The number of aliphatic carboxylic acids is 1. The number of carbonyl (C=O) groups excluding carboxylic acids is 1. The van der Waals surface area contributed by atoms with Gasteiger partial charge in [0.05, 0.1) is 23.4 Å². The third-order valence-electron chi connectivity index (χ3n) is 4.11. The largest absolute Gasteiger partial charge is 0.481 e. The van der Waals surface area contributed by atoms with Crippen LogP contribution in [0.1, 0.15) is 49.7 Å². The number of hydrogen-bond acceptors (Lipinski definition) is 3. The van der Waals surface area contributed by atoms with E-state index in [-0.39, 0.29) is 5.91 Å². The summed E-state index contributed by atoms with van der Waals surface area (Å²) in [6.07, 6.45) is 3.76. The van der Waals surface area contributed by atoms with Gasteiger partial charge in [0.1, 0.15) is 0 Å². The third kappa shape index (κ3) is 3.48. The Kier molecular flexibility index (Phi) is 5.21. The number of carboxylic acid groups (broad SMARTS) is 1. The molecule has 0 unspecified atom stereocenters. The summed E-state index contributed by atoms with van der Waals surface area (Å²) in [5, 5.41) is 13.5. The van der Waals surface area contributed by atoms with E-state index in [1.807, 2.05) is 11.6 Å². The molecule has 122 valence electrons. The Morgan fingerprint density at radius 1 is 1.45 bits per heavy atom. The summed E-state index contributed by atoms with van der Waals surface area (Å²) < 4.78 is 1.90. The Bertz CT molecular complexity index is 551. The summed E-state index contributed by atoms with van der Waals surface area (Å²) in [5.41, 5.74) is 1.56. The van der Waals surface area contributed by atoms with E-state index in [9.17, 15) is 9.59 Å². The van der Waals surface area contributed by atoms with Gasteiger partial charge in [-0.15, -0.1) is 0 Å². The smallest absolute Gasteiger partial charge is 0.308 e. The Morgan fingerprint density at radius 2 is 2.18 bits per heavy atom. The van der Waals surface area contributed by atoms with Gasteiger partial charge in [-0.3, -0.25) is 14.3 Å². The molecular weight excluding hydrogens is 282 g/mol. The van der Waals surface area contributed by atoms with Crippen LogP contribution >= 0.6 is 0 Å². The lowest BCUT2D eigenvalue weighted by molar-refractivity contribution is -0.143. The number of hydrogen-bond donors (Lipinski definition) is 1. The van der Waals surface area contributed by atoms with Gasteiger partial charge < -0.3 is 10.0 Å². The molecular formula is C16H25N3O3. The molecule has 1 atom stereocenters. The average molecular weight is 307 g/mol. The number of carbonyl (C=O) groups is 2. The summed E-state index contributed by atoms with van der Waals surface area (Å²) in [5.74, 6) is -0.894. The number of nitrogens with zero attached hydrogens (tertiary/aromatic N) is 3. The third-order valence-corrected chi connectivity index (χ3v) is 4.11. The maximum Gasteiger partial charge on any atom is 0.308 e. The van der Waals surface area contributed by atoms with Crippen molar-refractivity contribution in [3.05, 3.63) is 17.5 Å². The predicted molar refractivity (Wildman–Crippen MR) is 82.7 cm³/mol. The molecule has 6 nitrogen and oxygen atoms in total. The molecule has 0 bridgehead atoms. The van der Waals surface area contributed by atoms with Crippen molar-refractivity contribution in [3.63, 3.8) is 0 Å². The Labute approximate surface area is 131 Å². The normalized spacial score (nSPS) is 18.7. The van der Waals surface area contributed by atoms with E-state index >= 15 is 0 Å². The van der Waals surface area contributed by atoms with Crippen LogP contribution in [0.5, 0.6) is 0 Å². The van der Waals surface area contributed by atoms with Crippen LogP contribution in [0.15, 0.2) is 6.20 Å². The van der Waals surface area contributed by atoms with Crippen LogP contribution in [-0.4, -0.2) is 44.8 Å². The maximum absolute atomic E-state index is 12.7. The minimum absolute atomic E-state index is 0.0854. The molecule has 0 radical (unpaired) electrons. The molecule has 1 fully saturated rings. The van der Waals surface area contributed by atoms with Crippen LogP contribution < -0.4 is 0 Å². The van der Waals surface area contributed by atoms with E-state index in [2.05, 4.69) is 18.9 Å². The highest BCUT2D eigenvalue weighted by atomic mass is 16.4. The van der Waals surface area contributed by atoms with Crippen LogP contribution in [0.3, 0.4) is 0 Å². The SMILES string of the molecule is CCc1c(C(=O)N2CCC[C@H](C(=O)O)C2)cnn1CC(C)C. The van der Waals surface area contributed by atoms with Crippen molar-refractivity contribution in [2.75, 3.05) is 13.1 Å². The van der Waals surface area contributed by atoms with Crippen LogP contribution in [0, 0.1) is 11.8 Å². The molecule has 0 saturated carbocycles. The molecule has 0 aromatic carbocycles. The van der Waals surface area contributed by atoms with E-state index in [0.29, 0.717) is 31.0 Å². The molecule has 1 aliphatic rings. The average Bonchev–Trinajstić information content (AvgIpc) is 2.88. The van der Waals surface area contributed by atoms with Gasteiger partial charge in [-0.2, -0.15) is 5.10 Å². The predicted octanol–water partition coefficient (Wildman–Crippen LogP) is 2.04. The highest BCUT2D eigenvalue weighted by Gasteiger charge is 2.30.